The summed E-state index contributed by atoms with van der Waals surface area (Å²) in [4.78, 5) is 4.00. The quantitative estimate of drug-likeness (QED) is 0.211. The highest BCUT2D eigenvalue weighted by molar-refractivity contribution is 6.00. The summed E-state index contributed by atoms with van der Waals surface area (Å²) in [6, 6.07) is 18.6. The van der Waals surface area contributed by atoms with Crippen molar-refractivity contribution in [2.45, 2.75) is 6.10 Å². The van der Waals surface area contributed by atoms with Gasteiger partial charge in [-0.2, -0.15) is 5.57 Å². The van der Waals surface area contributed by atoms with Crippen molar-refractivity contribution in [2.24, 2.45) is 0 Å². The minimum absolute atomic E-state index is 0.0254. The van der Waals surface area contributed by atoms with Gasteiger partial charge >= 0.3 is 0 Å². The zero-order valence-electron chi connectivity index (χ0n) is 25.0. The zero-order valence-corrected chi connectivity index (χ0v) is 25.0. The zero-order chi connectivity index (χ0) is 31.7. The van der Waals surface area contributed by atoms with E-state index in [1.165, 1.54) is 24.3 Å². The highest BCUT2D eigenvalue weighted by atomic mass is 16.3. The second-order valence-electron chi connectivity index (χ2n) is 11.1. The molecule has 224 valence electrons. The van der Waals surface area contributed by atoms with Crippen molar-refractivity contribution in [2.75, 3.05) is 38.0 Å². The summed E-state index contributed by atoms with van der Waals surface area (Å²) in [6.45, 7) is 6.27. The number of aliphatic hydroxyl groups excluding tert-OH is 2. The molecule has 0 aromatic heterocycles. The highest BCUT2D eigenvalue weighted by Gasteiger charge is 2.26. The second-order valence-corrected chi connectivity index (χ2v) is 11.1. The molecule has 0 spiro atoms. The number of phenolic OH excluding ortho intramolecular Hbond substituents is 2. The van der Waals surface area contributed by atoms with Crippen LogP contribution >= 0.6 is 0 Å². The average molecular weight is 587 g/mol. The number of hydrogen-bond acceptors (Lipinski definition) is 7. The van der Waals surface area contributed by atoms with Crippen LogP contribution in [0, 0.1) is 6.58 Å². The third-order valence-corrected chi connectivity index (χ3v) is 7.61. The number of benzene rings is 3. The average Bonchev–Trinajstić information content (AvgIpc) is 2.98. The molecule has 0 aliphatic heterocycles. The van der Waals surface area contributed by atoms with Gasteiger partial charge in [0.25, 0.3) is 0 Å². The van der Waals surface area contributed by atoms with Gasteiger partial charge in [-0.15, -0.1) is 11.1 Å². The van der Waals surface area contributed by atoms with Crippen molar-refractivity contribution >= 4 is 35.2 Å². The summed E-state index contributed by atoms with van der Waals surface area (Å²) >= 11 is 0. The first-order chi connectivity index (χ1) is 20.9. The summed E-state index contributed by atoms with van der Waals surface area (Å²) in [7, 11) is 7.85. The Morgan fingerprint density at radius 2 is 1.18 bits per heavy atom. The van der Waals surface area contributed by atoms with Crippen LogP contribution in [0.3, 0.4) is 0 Å². The van der Waals surface area contributed by atoms with Crippen LogP contribution in [0.25, 0.3) is 23.8 Å². The molecule has 7 heteroatoms. The molecule has 2 aliphatic carbocycles. The van der Waals surface area contributed by atoms with Crippen molar-refractivity contribution in [3.8, 4) is 11.5 Å². The number of hydrogen-bond donors (Lipinski definition) is 4. The first-order valence-electron chi connectivity index (χ1n) is 14.0. The molecule has 0 saturated heterocycles. The molecule has 1 unspecified atom stereocenters. The fourth-order valence-corrected chi connectivity index (χ4v) is 5.17. The van der Waals surface area contributed by atoms with E-state index in [2.05, 4.69) is 0 Å². The van der Waals surface area contributed by atoms with Crippen LogP contribution in [-0.2, 0) is 0 Å². The number of nitrogens with zero attached hydrogens (tertiary/aromatic N) is 2. The molecule has 3 aromatic rings. The van der Waals surface area contributed by atoms with Crippen LogP contribution in [0.2, 0.25) is 0 Å². The lowest BCUT2D eigenvalue weighted by Gasteiger charge is -2.48. The predicted octanol–water partition coefficient (Wildman–Crippen LogP) is 5.60. The molecule has 44 heavy (non-hydrogen) atoms. The number of aromatic hydroxyl groups is 2. The number of aliphatic hydroxyl groups is 2. The molecule has 5 rings (SSSR count). The van der Waals surface area contributed by atoms with Crippen LogP contribution in [-0.4, -0.2) is 54.7 Å². The Labute approximate surface area is 257 Å². The lowest BCUT2D eigenvalue weighted by Crippen LogP contribution is -2.27. The van der Waals surface area contributed by atoms with Gasteiger partial charge in [-0.05, 0) is 76.4 Å². The van der Waals surface area contributed by atoms with Gasteiger partial charge in [0.05, 0.1) is 6.10 Å². The lowest BCUT2D eigenvalue weighted by atomic mass is 9.75. The van der Waals surface area contributed by atoms with Gasteiger partial charge in [0.15, 0.2) is 0 Å². The largest absolute Gasteiger partial charge is 0.890 e. The Hall–Kier alpha value is -5.40. The molecule has 0 bridgehead atoms. The third kappa shape index (κ3) is 5.91. The number of phenols is 2. The van der Waals surface area contributed by atoms with Crippen LogP contribution in [0.4, 0.5) is 11.4 Å². The Morgan fingerprint density at radius 1 is 0.705 bits per heavy atom. The Bertz CT molecular complexity index is 1780. The van der Waals surface area contributed by atoms with Gasteiger partial charge in [-0.25, -0.2) is 12.3 Å². The summed E-state index contributed by atoms with van der Waals surface area (Å²) in [6.07, 6.45) is 8.85. The van der Waals surface area contributed by atoms with Gasteiger partial charge in [0.1, 0.15) is 17.3 Å². The molecule has 0 saturated carbocycles. The Balaban J connectivity index is 1.37. The SMILES string of the molecule is [CH-]=C1C(c2c(O)cc(/C=C/c3ccc(N(C)C)cc3)cc2O)=C([O-])/C1=C1/C(O)=CC(/C=C/c2ccc(N(C)C)cc2)=CC1O. The number of rotatable bonds is 7. The van der Waals surface area contributed by atoms with Crippen molar-refractivity contribution in [3.05, 3.63) is 142 Å². The van der Waals surface area contributed by atoms with E-state index in [1.807, 2.05) is 98.7 Å². The molecular weight excluding hydrogens is 552 g/mol. The van der Waals surface area contributed by atoms with E-state index in [0.29, 0.717) is 11.1 Å². The molecule has 0 heterocycles. The van der Waals surface area contributed by atoms with Crippen LogP contribution in [0.5, 0.6) is 11.5 Å². The van der Waals surface area contributed by atoms with Gasteiger partial charge in [0.2, 0.25) is 0 Å². The molecule has 7 nitrogen and oxygen atoms in total. The van der Waals surface area contributed by atoms with Gasteiger partial charge in [0, 0.05) is 45.1 Å². The third-order valence-electron chi connectivity index (χ3n) is 7.61. The number of anilines is 2. The van der Waals surface area contributed by atoms with E-state index in [1.54, 1.807) is 12.2 Å². The topological polar surface area (TPSA) is 110 Å². The molecule has 2 aliphatic rings. The molecule has 0 amide bonds. The Morgan fingerprint density at radius 3 is 1.64 bits per heavy atom. The fourth-order valence-electron chi connectivity index (χ4n) is 5.17. The molecule has 3 aromatic carbocycles. The first kappa shape index (κ1) is 30.1. The minimum Gasteiger partial charge on any atom is -0.890 e. The van der Waals surface area contributed by atoms with Crippen molar-refractivity contribution in [1.82, 2.24) is 0 Å². The van der Waals surface area contributed by atoms with Gasteiger partial charge < -0.3 is 35.3 Å². The van der Waals surface area contributed by atoms with E-state index in [4.69, 9.17) is 6.58 Å². The number of allylic oxidation sites excluding steroid dienone is 5. The molecule has 0 radical (unpaired) electrons. The normalized spacial score (nSPS) is 18.5. The van der Waals surface area contributed by atoms with E-state index < -0.39 is 11.9 Å². The van der Waals surface area contributed by atoms with E-state index in [9.17, 15) is 25.5 Å². The highest BCUT2D eigenvalue weighted by Crippen LogP contribution is 2.51. The van der Waals surface area contributed by atoms with Gasteiger partial charge in [-0.3, -0.25) is 0 Å². The van der Waals surface area contributed by atoms with E-state index in [-0.39, 0.29) is 45.1 Å². The van der Waals surface area contributed by atoms with Crippen molar-refractivity contribution in [1.29, 1.82) is 0 Å². The minimum atomic E-state index is -1.30. The Kier molecular flexibility index (Phi) is 8.25. The van der Waals surface area contributed by atoms with E-state index >= 15 is 0 Å². The van der Waals surface area contributed by atoms with Gasteiger partial charge in [-0.1, -0.05) is 48.6 Å². The summed E-state index contributed by atoms with van der Waals surface area (Å²) in [5.41, 5.74) is 4.78. The predicted molar refractivity (Wildman–Crippen MR) is 176 cm³/mol. The fraction of sp³-hybridized carbons (Fsp3) is 0.135. The van der Waals surface area contributed by atoms with Crippen LogP contribution < -0.4 is 14.9 Å². The standard InChI is InChI=1S/C37H35N2O5/c1-22-33(35-29(40)18-25(19-30(35)41)8-6-23-10-14-27(15-11-23)38(2)3)37(44)34(22)36-31(42)20-26(21-32(36)43)9-7-24-12-16-28(17-13-24)39(4)5/h1,6-21,29,40-44H,2-5H3/q-1/p-1/b8-6+,9-7+,35-33+. The monoisotopic (exact) mass is 586 g/mol. The summed E-state index contributed by atoms with van der Waals surface area (Å²) in [5, 5.41) is 56.5. The molecule has 0 fully saturated rings. The lowest BCUT2D eigenvalue weighted by molar-refractivity contribution is -0.298. The first-order valence-corrected chi connectivity index (χ1v) is 14.0. The smallest absolute Gasteiger partial charge is 0.115 e. The van der Waals surface area contributed by atoms with Crippen LogP contribution in [0.15, 0.2) is 113 Å². The van der Waals surface area contributed by atoms with Crippen molar-refractivity contribution in [3.63, 3.8) is 0 Å². The summed E-state index contributed by atoms with van der Waals surface area (Å²) < 4.78 is 0. The van der Waals surface area contributed by atoms with Crippen molar-refractivity contribution < 1.29 is 25.5 Å². The molecular formula is C37H34N2O5-2. The summed E-state index contributed by atoms with van der Waals surface area (Å²) in [5.74, 6) is -1.53. The maximum Gasteiger partial charge on any atom is 0.115 e. The van der Waals surface area contributed by atoms with Crippen LogP contribution in [0.1, 0.15) is 22.3 Å². The maximum atomic E-state index is 13.3. The molecule has 4 N–H and O–H groups in total. The van der Waals surface area contributed by atoms with E-state index in [0.717, 1.165) is 22.5 Å². The maximum absolute atomic E-state index is 13.3. The second kappa shape index (κ2) is 12.1. The molecule has 1 atom stereocenters.